The fourth-order valence-corrected chi connectivity index (χ4v) is 5.75. The van der Waals surface area contributed by atoms with Gasteiger partial charge in [-0.05, 0) is 106 Å². The molecule has 0 N–H and O–H groups in total. The molecule has 222 valence electrons. The highest BCUT2D eigenvalue weighted by Gasteiger charge is 2.25. The number of rotatable bonds is 9. The summed E-state index contributed by atoms with van der Waals surface area (Å²) in [6.07, 6.45) is 4.92. The van der Waals surface area contributed by atoms with Crippen molar-refractivity contribution in [2.24, 2.45) is 0 Å². The third-order valence-corrected chi connectivity index (χ3v) is 7.81. The molecule has 4 rings (SSSR count). The van der Waals surface area contributed by atoms with Gasteiger partial charge in [0.1, 0.15) is 23.6 Å². The summed E-state index contributed by atoms with van der Waals surface area (Å²) in [6.45, 7) is 4.52. The highest BCUT2D eigenvalue weighted by atomic mass is 19.3. The summed E-state index contributed by atoms with van der Waals surface area (Å²) >= 11 is 0. The van der Waals surface area contributed by atoms with Gasteiger partial charge < -0.3 is 19.3 Å². The Morgan fingerprint density at radius 3 is 1.49 bits per heavy atom. The summed E-state index contributed by atoms with van der Waals surface area (Å²) in [7, 11) is 0. The molecule has 2 heterocycles. The van der Waals surface area contributed by atoms with Gasteiger partial charge in [-0.3, -0.25) is 0 Å². The molecule has 0 amide bonds. The van der Waals surface area contributed by atoms with Gasteiger partial charge >= 0.3 is 13.2 Å². The predicted octanol–water partition coefficient (Wildman–Crippen LogP) is 7.11. The first-order valence-electron chi connectivity index (χ1n) is 14.2. The molecule has 0 bridgehead atoms. The van der Waals surface area contributed by atoms with Gasteiger partial charge in [-0.2, -0.15) is 28.1 Å². The van der Waals surface area contributed by atoms with Gasteiger partial charge in [0.25, 0.3) is 0 Å². The number of hydrogen-bond acceptors (Lipinski definition) is 6. The average molecular weight is 575 g/mol. The molecule has 2 aromatic rings. The van der Waals surface area contributed by atoms with Gasteiger partial charge in [0, 0.05) is 0 Å². The van der Waals surface area contributed by atoms with E-state index in [1.54, 1.807) is 12.1 Å². The molecule has 2 saturated heterocycles. The second-order valence-corrected chi connectivity index (χ2v) is 10.2. The van der Waals surface area contributed by atoms with Crippen LogP contribution in [0, 0.1) is 22.7 Å². The first-order chi connectivity index (χ1) is 19.8. The number of nitrogens with zero attached hydrogens (tertiary/aromatic N) is 4. The molecule has 2 aliphatic rings. The lowest BCUT2D eigenvalue weighted by Gasteiger charge is -2.32. The topological polar surface area (TPSA) is 72.5 Å². The van der Waals surface area contributed by atoms with E-state index in [-0.39, 0.29) is 34.5 Å². The fraction of sp³-hybridized carbons (Fsp3) is 0.548. The van der Waals surface area contributed by atoms with E-state index in [2.05, 4.69) is 33.1 Å². The van der Waals surface area contributed by atoms with Crippen LogP contribution in [0.3, 0.4) is 0 Å². The molecule has 41 heavy (non-hydrogen) atoms. The Kier molecular flexibility index (Phi) is 12.7. The van der Waals surface area contributed by atoms with Crippen LogP contribution in [0.15, 0.2) is 36.4 Å². The minimum absolute atomic E-state index is 0.0130. The van der Waals surface area contributed by atoms with Crippen LogP contribution < -0.4 is 9.47 Å². The molecule has 0 spiro atoms. The fourth-order valence-electron chi connectivity index (χ4n) is 5.75. The van der Waals surface area contributed by atoms with Gasteiger partial charge in [-0.15, -0.1) is 0 Å². The summed E-state index contributed by atoms with van der Waals surface area (Å²) in [5.41, 5.74) is 2.18. The van der Waals surface area contributed by atoms with E-state index in [1.165, 1.54) is 12.1 Å². The lowest BCUT2D eigenvalue weighted by molar-refractivity contribution is -0.0507. The maximum absolute atomic E-state index is 12.4. The zero-order valence-electron chi connectivity index (χ0n) is 23.7. The van der Waals surface area contributed by atoms with Crippen molar-refractivity contribution in [3.8, 4) is 23.6 Å². The van der Waals surface area contributed by atoms with Crippen molar-refractivity contribution in [3.05, 3.63) is 58.7 Å². The van der Waals surface area contributed by atoms with Crippen molar-refractivity contribution in [1.82, 2.24) is 9.80 Å². The molecule has 0 aromatic heterocycles. The van der Waals surface area contributed by atoms with E-state index in [0.717, 1.165) is 82.5 Å². The summed E-state index contributed by atoms with van der Waals surface area (Å²) in [6, 6.07) is 14.0. The van der Waals surface area contributed by atoms with E-state index in [9.17, 15) is 28.1 Å². The Hall–Kier alpha value is -3.34. The number of piperidine rings is 2. The van der Waals surface area contributed by atoms with Crippen LogP contribution in [-0.2, 0) is 0 Å². The van der Waals surface area contributed by atoms with Crippen molar-refractivity contribution < 1.29 is 27.0 Å². The second-order valence-electron chi connectivity index (χ2n) is 10.2. The van der Waals surface area contributed by atoms with E-state index in [4.69, 9.17) is 0 Å². The molecule has 0 aliphatic carbocycles. The number of likely N-dealkylation sites (tertiary alicyclic amines) is 2. The average Bonchev–Trinajstić information content (AvgIpc) is 2.97. The van der Waals surface area contributed by atoms with Gasteiger partial charge in [-0.1, -0.05) is 38.1 Å². The molecule has 2 fully saturated rings. The van der Waals surface area contributed by atoms with Gasteiger partial charge in [-0.25, -0.2) is 0 Å². The van der Waals surface area contributed by atoms with E-state index < -0.39 is 13.2 Å². The number of benzene rings is 2. The number of hydrogen-bond donors (Lipinski definition) is 0. The highest BCUT2D eigenvalue weighted by molar-refractivity contribution is 5.51. The molecule has 10 heteroatoms. The summed E-state index contributed by atoms with van der Waals surface area (Å²) < 4.78 is 58.5. The minimum atomic E-state index is -2.90. The standard InChI is InChI=1S/C16H20F2N2O.C15H18F2N2O/c1-2-8-20-9-6-12(7-10-20)13-4-3-5-15(14(13)11-19)21-16(17)18;1-2-19-8-6-11(7-9-19)12-4-3-5-14(13(12)10-18)20-15(16)17/h3-5,12,16H,2,6-10H2,1H3;3-5,11,15H,2,6-9H2,1H3. The first-order valence-corrected chi connectivity index (χ1v) is 14.2. The second kappa shape index (κ2) is 16.2. The smallest absolute Gasteiger partial charge is 0.387 e. The van der Waals surface area contributed by atoms with Gasteiger partial charge in [0.15, 0.2) is 0 Å². The van der Waals surface area contributed by atoms with Gasteiger partial charge in [0.05, 0.1) is 11.1 Å². The van der Waals surface area contributed by atoms with Crippen LogP contribution >= 0.6 is 0 Å². The molecule has 0 atom stereocenters. The Bertz CT molecular complexity index is 1180. The summed E-state index contributed by atoms with van der Waals surface area (Å²) in [5, 5.41) is 18.5. The molecule has 0 radical (unpaired) electrons. The number of halogens is 4. The molecule has 2 aromatic carbocycles. The van der Waals surface area contributed by atoms with Crippen LogP contribution in [-0.4, -0.2) is 62.3 Å². The maximum Gasteiger partial charge on any atom is 0.387 e. The molecular formula is C31H38F4N4O2. The number of ether oxygens (including phenoxy) is 2. The minimum Gasteiger partial charge on any atom is -0.433 e. The zero-order valence-corrected chi connectivity index (χ0v) is 23.7. The number of alkyl halides is 4. The van der Waals surface area contributed by atoms with E-state index in [1.807, 2.05) is 24.3 Å². The van der Waals surface area contributed by atoms with Crippen LogP contribution in [0.4, 0.5) is 17.6 Å². The SMILES string of the molecule is CCCN1CCC(c2cccc(OC(F)F)c2C#N)CC1.CCN1CCC(c2cccc(OC(F)F)c2C#N)CC1. The van der Waals surface area contributed by atoms with Crippen LogP contribution in [0.25, 0.3) is 0 Å². The Balaban J connectivity index is 0.000000226. The summed E-state index contributed by atoms with van der Waals surface area (Å²) in [4.78, 5) is 4.75. The molecule has 6 nitrogen and oxygen atoms in total. The highest BCUT2D eigenvalue weighted by Crippen LogP contribution is 2.35. The summed E-state index contributed by atoms with van der Waals surface area (Å²) in [5.74, 6) is 0.460. The van der Waals surface area contributed by atoms with Crippen molar-refractivity contribution in [2.45, 2.75) is 71.0 Å². The molecule has 0 saturated carbocycles. The normalized spacial score (nSPS) is 17.0. The van der Waals surface area contributed by atoms with E-state index in [0.29, 0.717) is 0 Å². The lowest BCUT2D eigenvalue weighted by Crippen LogP contribution is -2.33. The van der Waals surface area contributed by atoms with Crippen LogP contribution in [0.5, 0.6) is 11.5 Å². The predicted molar refractivity (Wildman–Crippen MR) is 148 cm³/mol. The monoisotopic (exact) mass is 574 g/mol. The quantitative estimate of drug-likeness (QED) is 0.297. The third-order valence-electron chi connectivity index (χ3n) is 7.81. The Labute approximate surface area is 240 Å². The zero-order chi connectivity index (χ0) is 29.8. The Morgan fingerprint density at radius 1 is 0.732 bits per heavy atom. The van der Waals surface area contributed by atoms with Crippen molar-refractivity contribution >= 4 is 0 Å². The van der Waals surface area contributed by atoms with Gasteiger partial charge in [0.2, 0.25) is 0 Å². The van der Waals surface area contributed by atoms with E-state index >= 15 is 0 Å². The number of nitriles is 2. The molecule has 2 aliphatic heterocycles. The van der Waals surface area contributed by atoms with Crippen molar-refractivity contribution in [1.29, 1.82) is 10.5 Å². The lowest BCUT2D eigenvalue weighted by atomic mass is 9.86. The first kappa shape index (κ1) is 32.2. The largest absolute Gasteiger partial charge is 0.433 e. The maximum atomic E-state index is 12.4. The third kappa shape index (κ3) is 9.08. The van der Waals surface area contributed by atoms with Crippen molar-refractivity contribution in [2.75, 3.05) is 39.3 Å². The van der Waals surface area contributed by atoms with Crippen LogP contribution in [0.2, 0.25) is 0 Å². The van der Waals surface area contributed by atoms with Crippen LogP contribution in [0.1, 0.15) is 80.0 Å². The molecular weight excluding hydrogens is 536 g/mol. The molecule has 0 unspecified atom stereocenters. The Morgan fingerprint density at radius 2 is 1.15 bits per heavy atom. The van der Waals surface area contributed by atoms with Crippen molar-refractivity contribution in [3.63, 3.8) is 0 Å².